The van der Waals surface area contributed by atoms with E-state index in [1.807, 2.05) is 0 Å². The molecule has 1 atom stereocenters. The normalized spacial score (nSPS) is 25.1. The summed E-state index contributed by atoms with van der Waals surface area (Å²) >= 11 is 5.76. The van der Waals surface area contributed by atoms with E-state index in [0.717, 1.165) is 26.2 Å². The molecule has 76 valence electrons. The fourth-order valence-electron chi connectivity index (χ4n) is 1.52. The summed E-state index contributed by atoms with van der Waals surface area (Å²) in [6.45, 7) is 11.6. The van der Waals surface area contributed by atoms with Crippen molar-refractivity contribution in [3.63, 3.8) is 0 Å². The number of hydrogen-bond acceptors (Lipinski definition) is 2. The average molecular weight is 204 g/mol. The van der Waals surface area contributed by atoms with Crippen molar-refractivity contribution < 1.29 is 4.74 Å². The third-order valence-corrected chi connectivity index (χ3v) is 2.44. The van der Waals surface area contributed by atoms with Gasteiger partial charge in [-0.3, -0.25) is 4.90 Å². The van der Waals surface area contributed by atoms with Gasteiger partial charge in [0.15, 0.2) is 0 Å². The molecule has 0 aliphatic carbocycles. The van der Waals surface area contributed by atoms with Gasteiger partial charge in [-0.1, -0.05) is 32.0 Å². The second-order valence-electron chi connectivity index (χ2n) is 3.91. The third-order valence-electron chi connectivity index (χ3n) is 2.32. The number of ether oxygens (including phenoxy) is 1. The Morgan fingerprint density at radius 1 is 1.69 bits per heavy atom. The lowest BCUT2D eigenvalue weighted by Crippen LogP contribution is -2.44. The first-order valence-electron chi connectivity index (χ1n) is 4.77. The summed E-state index contributed by atoms with van der Waals surface area (Å²) in [6.07, 6.45) is 0.352. The molecule has 0 saturated carbocycles. The fraction of sp³-hybridized carbons (Fsp3) is 0.800. The Morgan fingerprint density at radius 2 is 2.38 bits per heavy atom. The largest absolute Gasteiger partial charge is 0.375 e. The smallest absolute Gasteiger partial charge is 0.0725 e. The van der Waals surface area contributed by atoms with Crippen LogP contribution in [0.25, 0.3) is 0 Å². The summed E-state index contributed by atoms with van der Waals surface area (Å²) in [7, 11) is 0. The van der Waals surface area contributed by atoms with Gasteiger partial charge in [-0.2, -0.15) is 0 Å². The van der Waals surface area contributed by atoms with E-state index in [-0.39, 0.29) is 0 Å². The van der Waals surface area contributed by atoms with Gasteiger partial charge in [0.1, 0.15) is 0 Å². The third kappa shape index (κ3) is 3.67. The average Bonchev–Trinajstić information content (AvgIpc) is 2.03. The number of nitrogens with zero attached hydrogens (tertiary/aromatic N) is 1. The van der Waals surface area contributed by atoms with Gasteiger partial charge in [0.2, 0.25) is 0 Å². The Kier molecular flexibility index (Phi) is 4.23. The van der Waals surface area contributed by atoms with Gasteiger partial charge in [-0.15, -0.1) is 0 Å². The number of morpholine rings is 1. The minimum atomic E-state index is 0.352. The van der Waals surface area contributed by atoms with Crippen LogP contribution in [0, 0.1) is 5.92 Å². The van der Waals surface area contributed by atoms with E-state index in [4.69, 9.17) is 16.3 Å². The van der Waals surface area contributed by atoms with Crippen LogP contribution in [0.3, 0.4) is 0 Å². The molecular formula is C10H18ClNO. The maximum atomic E-state index is 5.76. The van der Waals surface area contributed by atoms with E-state index < -0.39 is 0 Å². The van der Waals surface area contributed by atoms with Crippen LogP contribution in [-0.4, -0.2) is 37.2 Å². The Balaban J connectivity index is 2.37. The highest BCUT2D eigenvalue weighted by molar-refractivity contribution is 6.29. The molecule has 1 aliphatic rings. The maximum Gasteiger partial charge on any atom is 0.0725 e. The van der Waals surface area contributed by atoms with E-state index >= 15 is 0 Å². The van der Waals surface area contributed by atoms with Crippen LogP contribution in [0.2, 0.25) is 0 Å². The molecule has 1 heterocycles. The van der Waals surface area contributed by atoms with E-state index in [2.05, 4.69) is 25.3 Å². The lowest BCUT2D eigenvalue weighted by Gasteiger charge is -2.34. The lowest BCUT2D eigenvalue weighted by molar-refractivity contribution is -0.0472. The Morgan fingerprint density at radius 3 is 2.92 bits per heavy atom. The molecule has 0 bridgehead atoms. The zero-order valence-corrected chi connectivity index (χ0v) is 9.18. The van der Waals surface area contributed by atoms with Crippen LogP contribution in [-0.2, 0) is 4.74 Å². The van der Waals surface area contributed by atoms with Crippen LogP contribution in [0.1, 0.15) is 13.8 Å². The molecule has 0 aromatic rings. The summed E-state index contributed by atoms with van der Waals surface area (Å²) in [6, 6.07) is 0. The number of halogens is 1. The molecule has 1 fully saturated rings. The summed E-state index contributed by atoms with van der Waals surface area (Å²) in [5, 5.41) is 0.712. The molecule has 1 saturated heterocycles. The first-order valence-corrected chi connectivity index (χ1v) is 5.14. The van der Waals surface area contributed by atoms with Crippen LogP contribution < -0.4 is 0 Å². The SMILES string of the molecule is C=C(Cl)CN1CCOC(C(C)C)C1. The molecule has 13 heavy (non-hydrogen) atoms. The Hall–Kier alpha value is -0.0500. The molecule has 0 spiro atoms. The Bertz CT molecular complexity index is 182. The summed E-state index contributed by atoms with van der Waals surface area (Å²) in [4.78, 5) is 2.30. The molecule has 1 rings (SSSR count). The van der Waals surface area contributed by atoms with Crippen LogP contribution in [0.15, 0.2) is 11.6 Å². The van der Waals surface area contributed by atoms with Gasteiger partial charge in [0.05, 0.1) is 12.7 Å². The molecule has 2 nitrogen and oxygen atoms in total. The number of hydrogen-bond donors (Lipinski definition) is 0. The molecule has 1 aliphatic heterocycles. The van der Waals surface area contributed by atoms with Crippen LogP contribution in [0.4, 0.5) is 0 Å². The minimum absolute atomic E-state index is 0.352. The predicted molar refractivity (Wildman–Crippen MR) is 56.0 cm³/mol. The van der Waals surface area contributed by atoms with Gasteiger partial charge in [0.25, 0.3) is 0 Å². The first-order chi connectivity index (χ1) is 6.09. The molecule has 0 aromatic carbocycles. The highest BCUT2D eigenvalue weighted by Gasteiger charge is 2.22. The molecule has 0 amide bonds. The molecule has 1 unspecified atom stereocenters. The highest BCUT2D eigenvalue weighted by Crippen LogP contribution is 2.14. The summed E-state index contributed by atoms with van der Waals surface area (Å²) in [5.74, 6) is 0.575. The number of rotatable bonds is 3. The van der Waals surface area contributed by atoms with Crippen molar-refractivity contribution in [1.82, 2.24) is 4.90 Å². The van der Waals surface area contributed by atoms with Crippen molar-refractivity contribution in [2.24, 2.45) is 5.92 Å². The van der Waals surface area contributed by atoms with E-state index in [1.165, 1.54) is 0 Å². The summed E-state index contributed by atoms with van der Waals surface area (Å²) in [5.41, 5.74) is 0. The van der Waals surface area contributed by atoms with Crippen molar-refractivity contribution in [3.05, 3.63) is 11.6 Å². The van der Waals surface area contributed by atoms with Gasteiger partial charge >= 0.3 is 0 Å². The van der Waals surface area contributed by atoms with E-state index in [9.17, 15) is 0 Å². The predicted octanol–water partition coefficient (Wildman–Crippen LogP) is 2.10. The quantitative estimate of drug-likeness (QED) is 0.697. The fourth-order valence-corrected chi connectivity index (χ4v) is 1.69. The Labute approximate surface area is 85.5 Å². The molecule has 0 aromatic heterocycles. The molecule has 0 N–H and O–H groups in total. The van der Waals surface area contributed by atoms with Crippen molar-refractivity contribution >= 4 is 11.6 Å². The molecule has 0 radical (unpaired) electrons. The van der Waals surface area contributed by atoms with Crippen molar-refractivity contribution in [2.75, 3.05) is 26.2 Å². The van der Waals surface area contributed by atoms with Crippen LogP contribution in [0.5, 0.6) is 0 Å². The van der Waals surface area contributed by atoms with Crippen LogP contribution >= 0.6 is 11.6 Å². The van der Waals surface area contributed by atoms with Crippen molar-refractivity contribution in [2.45, 2.75) is 20.0 Å². The topological polar surface area (TPSA) is 12.5 Å². The van der Waals surface area contributed by atoms with E-state index in [1.54, 1.807) is 0 Å². The zero-order chi connectivity index (χ0) is 9.84. The summed E-state index contributed by atoms with van der Waals surface area (Å²) < 4.78 is 5.64. The van der Waals surface area contributed by atoms with Gasteiger partial charge in [-0.25, -0.2) is 0 Å². The monoisotopic (exact) mass is 203 g/mol. The lowest BCUT2D eigenvalue weighted by atomic mass is 10.1. The van der Waals surface area contributed by atoms with Crippen molar-refractivity contribution in [1.29, 1.82) is 0 Å². The first kappa shape index (κ1) is 11.0. The van der Waals surface area contributed by atoms with Gasteiger partial charge < -0.3 is 4.74 Å². The minimum Gasteiger partial charge on any atom is -0.375 e. The van der Waals surface area contributed by atoms with Gasteiger partial charge in [0, 0.05) is 24.7 Å². The van der Waals surface area contributed by atoms with Crippen molar-refractivity contribution in [3.8, 4) is 0 Å². The zero-order valence-electron chi connectivity index (χ0n) is 8.42. The molecule has 3 heteroatoms. The second-order valence-corrected chi connectivity index (χ2v) is 4.44. The maximum absolute atomic E-state index is 5.76. The highest BCUT2D eigenvalue weighted by atomic mass is 35.5. The second kappa shape index (κ2) is 4.99. The molecular weight excluding hydrogens is 186 g/mol. The van der Waals surface area contributed by atoms with E-state index in [0.29, 0.717) is 17.1 Å². The standard InChI is InChI=1S/C10H18ClNO/c1-8(2)10-7-12(4-5-13-10)6-9(3)11/h8,10H,3-7H2,1-2H3. The van der Waals surface area contributed by atoms with Gasteiger partial charge in [-0.05, 0) is 5.92 Å².